The molecule has 0 N–H and O–H groups in total. The monoisotopic (exact) mass is 165 g/mol. The predicted octanol–water partition coefficient (Wildman–Crippen LogP) is 3.42. The lowest BCUT2D eigenvalue weighted by Gasteiger charge is -2.19. The van der Waals surface area contributed by atoms with Crippen molar-refractivity contribution < 1.29 is 0 Å². The topological polar surface area (TPSA) is 0 Å². The van der Waals surface area contributed by atoms with E-state index >= 15 is 0 Å². The second-order valence-electron chi connectivity index (χ2n) is 3.32. The molecule has 0 saturated heterocycles. The predicted molar refractivity (Wildman–Crippen MR) is 56.4 cm³/mol. The lowest BCUT2D eigenvalue weighted by molar-refractivity contribution is 1.54. The Morgan fingerprint density at radius 1 is 0.923 bits per heavy atom. The number of rotatable bonds is 0. The lowest BCUT2D eigenvalue weighted by atomic mass is 9.93. The van der Waals surface area contributed by atoms with Gasteiger partial charge in [-0.25, -0.2) is 0 Å². The lowest BCUT2D eigenvalue weighted by Crippen LogP contribution is -1.89. The molecule has 2 aromatic carbocycles. The Balaban J connectivity index is 2.56. The summed E-state index contributed by atoms with van der Waals surface area (Å²) >= 11 is 0. The van der Waals surface area contributed by atoms with Gasteiger partial charge >= 0.3 is 0 Å². The Bertz CT molecular complexity index is 487. The average Bonchev–Trinajstić information content (AvgIpc) is 2.19. The summed E-state index contributed by atoms with van der Waals surface area (Å²) < 4.78 is 0. The van der Waals surface area contributed by atoms with Crippen LogP contribution in [0, 0.1) is 6.42 Å². The molecule has 1 aliphatic rings. The maximum absolute atomic E-state index is 2.16. The molecule has 0 heterocycles. The van der Waals surface area contributed by atoms with E-state index in [-0.39, 0.29) is 0 Å². The summed E-state index contributed by atoms with van der Waals surface area (Å²) in [7, 11) is 0. The molecule has 0 bridgehead atoms. The summed E-state index contributed by atoms with van der Waals surface area (Å²) in [5.41, 5.74) is 2.66. The highest BCUT2D eigenvalue weighted by atomic mass is 14.1. The van der Waals surface area contributed by atoms with Crippen LogP contribution in [0.2, 0.25) is 0 Å². The van der Waals surface area contributed by atoms with Gasteiger partial charge in [0.2, 0.25) is 0 Å². The van der Waals surface area contributed by atoms with E-state index in [0.29, 0.717) is 0 Å². The minimum absolute atomic E-state index is 1.33. The Morgan fingerprint density at radius 2 is 1.77 bits per heavy atom. The van der Waals surface area contributed by atoms with Gasteiger partial charge in [0.1, 0.15) is 0 Å². The van der Waals surface area contributed by atoms with Gasteiger partial charge in [0.15, 0.2) is 0 Å². The van der Waals surface area contributed by atoms with Crippen LogP contribution in [0.25, 0.3) is 16.8 Å². The molecule has 0 amide bonds. The van der Waals surface area contributed by atoms with Crippen LogP contribution in [0.5, 0.6) is 0 Å². The molecule has 0 saturated carbocycles. The van der Waals surface area contributed by atoms with Gasteiger partial charge < -0.3 is 0 Å². The molecular weight excluding hydrogens is 156 g/mol. The highest BCUT2D eigenvalue weighted by molar-refractivity contribution is 5.96. The summed E-state index contributed by atoms with van der Waals surface area (Å²) in [4.78, 5) is 0. The van der Waals surface area contributed by atoms with Crippen LogP contribution < -0.4 is 0 Å². The maximum atomic E-state index is 2.16. The third kappa shape index (κ3) is 0.888. The van der Waals surface area contributed by atoms with Crippen molar-refractivity contribution in [2.75, 3.05) is 0 Å². The van der Waals surface area contributed by atoms with Gasteiger partial charge in [0.25, 0.3) is 0 Å². The van der Waals surface area contributed by atoms with E-state index in [1.807, 2.05) is 0 Å². The van der Waals surface area contributed by atoms with Crippen molar-refractivity contribution in [3.05, 3.63) is 60.0 Å². The van der Waals surface area contributed by atoms with Gasteiger partial charge in [-0.15, -0.1) is 41.8 Å². The molecule has 0 unspecified atom stereocenters. The Morgan fingerprint density at radius 3 is 2.69 bits per heavy atom. The van der Waals surface area contributed by atoms with E-state index in [2.05, 4.69) is 55.0 Å². The first-order valence-electron chi connectivity index (χ1n) is 4.48. The first-order chi connectivity index (χ1) is 6.45. The summed E-state index contributed by atoms with van der Waals surface area (Å²) in [5, 5.41) is 2.71. The molecule has 0 heteroatoms. The SMILES string of the molecule is C1=Cc2cccc3cccc(c23)[CH-]1. The molecule has 13 heavy (non-hydrogen) atoms. The molecule has 0 aliphatic heterocycles. The summed E-state index contributed by atoms with van der Waals surface area (Å²) in [5.74, 6) is 0. The van der Waals surface area contributed by atoms with Crippen LogP contribution in [-0.4, -0.2) is 0 Å². The van der Waals surface area contributed by atoms with Crippen LogP contribution in [-0.2, 0) is 0 Å². The second-order valence-corrected chi connectivity index (χ2v) is 3.32. The fraction of sp³-hybridized carbons (Fsp3) is 0. The van der Waals surface area contributed by atoms with Crippen molar-refractivity contribution in [3.63, 3.8) is 0 Å². The molecule has 62 valence electrons. The van der Waals surface area contributed by atoms with Crippen molar-refractivity contribution in [2.24, 2.45) is 0 Å². The van der Waals surface area contributed by atoms with E-state index in [1.54, 1.807) is 0 Å². The molecule has 3 rings (SSSR count). The third-order valence-electron chi connectivity index (χ3n) is 2.52. The van der Waals surface area contributed by atoms with E-state index in [9.17, 15) is 0 Å². The fourth-order valence-corrected chi connectivity index (χ4v) is 1.93. The summed E-state index contributed by atoms with van der Waals surface area (Å²) in [6.45, 7) is 0. The molecule has 0 atom stereocenters. The average molecular weight is 165 g/mol. The minimum atomic E-state index is 1.33. The van der Waals surface area contributed by atoms with E-state index in [1.165, 1.54) is 21.9 Å². The Labute approximate surface area is 77.5 Å². The summed E-state index contributed by atoms with van der Waals surface area (Å²) in [6, 6.07) is 12.9. The maximum Gasteiger partial charge on any atom is -0.0607 e. The molecule has 2 aromatic rings. The van der Waals surface area contributed by atoms with Gasteiger partial charge in [0, 0.05) is 0 Å². The highest BCUT2D eigenvalue weighted by Crippen LogP contribution is 2.28. The molecule has 0 radical (unpaired) electrons. The highest BCUT2D eigenvalue weighted by Gasteiger charge is 1.98. The van der Waals surface area contributed by atoms with Crippen molar-refractivity contribution >= 4 is 16.8 Å². The molecule has 0 aromatic heterocycles. The Hall–Kier alpha value is -1.69. The van der Waals surface area contributed by atoms with Gasteiger partial charge in [-0.05, 0) is 0 Å². The number of allylic oxidation sites excluding steroid dienone is 1. The quantitative estimate of drug-likeness (QED) is 0.525. The van der Waals surface area contributed by atoms with Gasteiger partial charge in [-0.3, -0.25) is 0 Å². The first kappa shape index (κ1) is 6.79. The zero-order valence-electron chi connectivity index (χ0n) is 7.20. The van der Waals surface area contributed by atoms with E-state index in [0.717, 1.165) is 0 Å². The largest absolute Gasteiger partial charge is 0.145 e. The fourth-order valence-electron chi connectivity index (χ4n) is 1.93. The van der Waals surface area contributed by atoms with Crippen molar-refractivity contribution in [1.82, 2.24) is 0 Å². The molecule has 0 spiro atoms. The van der Waals surface area contributed by atoms with Crippen LogP contribution in [0.4, 0.5) is 0 Å². The smallest absolute Gasteiger partial charge is 0.0607 e. The van der Waals surface area contributed by atoms with Gasteiger partial charge in [-0.1, -0.05) is 35.0 Å². The molecular formula is C13H9-. The normalized spacial score (nSPS) is 12.9. The zero-order chi connectivity index (χ0) is 8.67. The number of benzene rings is 2. The van der Waals surface area contributed by atoms with Gasteiger partial charge in [-0.2, -0.15) is 0 Å². The molecule has 0 fully saturated rings. The van der Waals surface area contributed by atoms with E-state index < -0.39 is 0 Å². The van der Waals surface area contributed by atoms with Crippen molar-refractivity contribution in [2.45, 2.75) is 0 Å². The molecule has 1 aliphatic carbocycles. The Kier molecular flexibility index (Phi) is 1.25. The second kappa shape index (κ2) is 2.40. The zero-order valence-corrected chi connectivity index (χ0v) is 7.20. The van der Waals surface area contributed by atoms with Crippen LogP contribution in [0.3, 0.4) is 0 Å². The first-order valence-corrected chi connectivity index (χ1v) is 4.48. The van der Waals surface area contributed by atoms with E-state index in [4.69, 9.17) is 0 Å². The number of hydrogen-bond acceptors (Lipinski definition) is 0. The van der Waals surface area contributed by atoms with Crippen LogP contribution in [0.1, 0.15) is 11.1 Å². The molecule has 0 nitrogen and oxygen atoms in total. The third-order valence-corrected chi connectivity index (χ3v) is 2.52. The summed E-state index contributed by atoms with van der Waals surface area (Å²) in [6.07, 6.45) is 6.43. The standard InChI is InChI=1S/C13H9/c1-4-10-6-2-8-12-9-3-7-11(5-1)13(10)12/h1-9H/q-1. The van der Waals surface area contributed by atoms with Crippen molar-refractivity contribution in [3.8, 4) is 0 Å². The van der Waals surface area contributed by atoms with Crippen molar-refractivity contribution in [1.29, 1.82) is 0 Å². The van der Waals surface area contributed by atoms with Crippen LogP contribution >= 0.6 is 0 Å². The number of hydrogen-bond donors (Lipinski definition) is 0. The van der Waals surface area contributed by atoms with Gasteiger partial charge in [0.05, 0.1) is 0 Å². The van der Waals surface area contributed by atoms with Crippen LogP contribution in [0.15, 0.2) is 42.5 Å². The minimum Gasteiger partial charge on any atom is -0.145 e.